The van der Waals surface area contributed by atoms with Gasteiger partial charge in [0.1, 0.15) is 5.69 Å². The molecule has 0 saturated carbocycles. The summed E-state index contributed by atoms with van der Waals surface area (Å²) in [5.41, 5.74) is 2.82. The van der Waals surface area contributed by atoms with E-state index in [1.54, 1.807) is 28.9 Å². The molecule has 0 aromatic heterocycles. The van der Waals surface area contributed by atoms with Crippen molar-refractivity contribution in [3.05, 3.63) is 94.5 Å². The fourth-order valence-corrected chi connectivity index (χ4v) is 4.71. The van der Waals surface area contributed by atoms with Crippen LogP contribution in [-0.4, -0.2) is 62.1 Å². The number of pyridine rings is 1. The van der Waals surface area contributed by atoms with Crippen LogP contribution in [0, 0.1) is 0 Å². The number of piperazine rings is 1. The van der Waals surface area contributed by atoms with Crippen molar-refractivity contribution in [2.24, 2.45) is 7.05 Å². The molecule has 3 aliphatic rings. The number of rotatable bonds is 6. The van der Waals surface area contributed by atoms with E-state index in [2.05, 4.69) is 17.2 Å². The van der Waals surface area contributed by atoms with Gasteiger partial charge in [-0.25, -0.2) is 0 Å². The van der Waals surface area contributed by atoms with Gasteiger partial charge in [-0.15, -0.1) is 0 Å². The maximum Gasteiger partial charge on any atom is 0.282 e. The van der Waals surface area contributed by atoms with Gasteiger partial charge in [0, 0.05) is 52.0 Å². The summed E-state index contributed by atoms with van der Waals surface area (Å²) < 4.78 is 3.06. The first kappa shape index (κ1) is 23.5. The predicted octanol–water partition coefficient (Wildman–Crippen LogP) is 2.98. The molecule has 184 valence electrons. The van der Waals surface area contributed by atoms with Gasteiger partial charge in [0.25, 0.3) is 11.5 Å². The zero-order valence-corrected chi connectivity index (χ0v) is 20.3. The molecule has 1 saturated heterocycles. The number of carbonyl (C=O) groups excluding carboxylic acids is 2. The van der Waals surface area contributed by atoms with Crippen molar-refractivity contribution in [3.8, 4) is 16.9 Å². The Labute approximate surface area is 209 Å². The summed E-state index contributed by atoms with van der Waals surface area (Å²) in [5.74, 6) is -0.0470. The van der Waals surface area contributed by atoms with E-state index >= 15 is 0 Å². The van der Waals surface area contributed by atoms with Crippen LogP contribution in [0.3, 0.4) is 0 Å². The van der Waals surface area contributed by atoms with Crippen LogP contribution in [0.15, 0.2) is 77.9 Å². The Morgan fingerprint density at radius 1 is 0.861 bits per heavy atom. The van der Waals surface area contributed by atoms with E-state index in [-0.39, 0.29) is 17.4 Å². The highest BCUT2D eigenvalue weighted by molar-refractivity contribution is 6.00. The fraction of sp³-hybridized carbons (Fsp3) is 0.286. The summed E-state index contributed by atoms with van der Waals surface area (Å²) in [6.07, 6.45) is 5.60. The quantitative estimate of drug-likeness (QED) is 0.422. The zero-order valence-electron chi connectivity index (χ0n) is 20.3. The molecule has 3 heterocycles. The van der Waals surface area contributed by atoms with Crippen LogP contribution < -0.4 is 5.56 Å². The molecule has 2 aromatic rings. The van der Waals surface area contributed by atoms with Crippen LogP contribution >= 0.6 is 0 Å². The Kier molecular flexibility index (Phi) is 6.66. The number of hydrogen-bond acceptors (Lipinski definition) is 4. The van der Waals surface area contributed by atoms with E-state index in [1.165, 1.54) is 10.2 Å². The monoisotopic (exact) mass is 483 g/mol. The molecule has 3 aliphatic heterocycles. The maximum atomic E-state index is 13.5. The molecule has 2 amide bonds. The van der Waals surface area contributed by atoms with Crippen molar-refractivity contribution >= 4 is 11.8 Å². The number of hydrogen-bond donors (Lipinski definition) is 0. The Balaban J connectivity index is 1.26. The first-order valence-corrected chi connectivity index (χ1v) is 12.3. The second-order valence-corrected chi connectivity index (χ2v) is 9.16. The number of aromatic nitrogens is 3. The number of fused-ring (bicyclic) bond motifs is 1. The summed E-state index contributed by atoms with van der Waals surface area (Å²) >= 11 is 0. The number of amides is 2. The molecule has 0 spiro atoms. The molecule has 0 N–H and O–H groups in total. The molecule has 1 fully saturated rings. The third kappa shape index (κ3) is 4.79. The molecule has 0 aliphatic carbocycles. The molecule has 0 bridgehead atoms. The van der Waals surface area contributed by atoms with E-state index in [0.717, 1.165) is 12.8 Å². The lowest BCUT2D eigenvalue weighted by Gasteiger charge is -2.35. The van der Waals surface area contributed by atoms with Crippen LogP contribution in [0.5, 0.6) is 0 Å². The number of aryl methyl sites for hydroxylation is 2. The minimum absolute atomic E-state index is 0.129. The summed E-state index contributed by atoms with van der Waals surface area (Å²) in [7, 11) is 1.79. The average Bonchev–Trinajstić information content (AvgIpc) is 3.25. The third-order valence-electron chi connectivity index (χ3n) is 6.65. The van der Waals surface area contributed by atoms with Crippen LogP contribution in [0.2, 0.25) is 0 Å². The second-order valence-electron chi connectivity index (χ2n) is 9.16. The standard InChI is InChI=1S/C28H29N5O3/c1-30-19-23(26-24(20-30)28(36)33(29-26)22-12-6-3-7-13-22)27(35)32-17-15-31(16-18-32)25(34)14-8-11-21-9-4-2-5-10-21/h2-7,9-10,12-13,19-20H,8,11,14-18H2,1H3. The highest BCUT2D eigenvalue weighted by Gasteiger charge is 2.29. The van der Waals surface area contributed by atoms with Gasteiger partial charge >= 0.3 is 0 Å². The Morgan fingerprint density at radius 3 is 2.19 bits per heavy atom. The number of para-hydroxylation sites is 1. The number of carbonyl (C=O) groups is 2. The van der Waals surface area contributed by atoms with E-state index in [4.69, 9.17) is 0 Å². The van der Waals surface area contributed by atoms with Gasteiger partial charge in [0.05, 0.1) is 16.8 Å². The molecule has 8 heteroatoms. The first-order valence-electron chi connectivity index (χ1n) is 12.3. The van der Waals surface area contributed by atoms with Crippen LogP contribution in [0.25, 0.3) is 16.9 Å². The number of nitrogens with zero attached hydrogens (tertiary/aromatic N) is 5. The molecule has 0 radical (unpaired) electrons. The smallest absolute Gasteiger partial charge is 0.282 e. The van der Waals surface area contributed by atoms with Gasteiger partial charge in [-0.2, -0.15) is 9.78 Å². The summed E-state index contributed by atoms with van der Waals surface area (Å²) in [6.45, 7) is 1.91. The van der Waals surface area contributed by atoms with Gasteiger partial charge in [-0.05, 0) is 30.5 Å². The lowest BCUT2D eigenvalue weighted by atomic mass is 10.1. The summed E-state index contributed by atoms with van der Waals surface area (Å²) in [4.78, 5) is 42.8. The van der Waals surface area contributed by atoms with Gasteiger partial charge in [0.15, 0.2) is 0 Å². The lowest BCUT2D eigenvalue weighted by Crippen LogP contribution is -2.50. The minimum Gasteiger partial charge on any atom is -0.356 e. The Bertz CT molecular complexity index is 1390. The topological polar surface area (TPSA) is 80.4 Å². The van der Waals surface area contributed by atoms with Crippen LogP contribution in [0.4, 0.5) is 0 Å². The largest absolute Gasteiger partial charge is 0.356 e. The van der Waals surface area contributed by atoms with E-state index in [9.17, 15) is 14.4 Å². The maximum absolute atomic E-state index is 13.5. The van der Waals surface area contributed by atoms with E-state index in [1.807, 2.05) is 53.4 Å². The fourth-order valence-electron chi connectivity index (χ4n) is 4.71. The van der Waals surface area contributed by atoms with Gasteiger partial charge in [-0.3, -0.25) is 14.4 Å². The van der Waals surface area contributed by atoms with Crippen molar-refractivity contribution in [1.29, 1.82) is 0 Å². The molecular formula is C28H29N5O3. The van der Waals surface area contributed by atoms with Crippen LogP contribution in [-0.2, 0) is 18.3 Å². The SMILES string of the molecule is Cn1cc(C(=O)N2CCN(C(=O)CCCc3ccccc3)CC2)c2nn(-c3ccccc3)c(=O)c-2c1. The van der Waals surface area contributed by atoms with Crippen molar-refractivity contribution in [1.82, 2.24) is 24.1 Å². The van der Waals surface area contributed by atoms with E-state index in [0.29, 0.717) is 55.1 Å². The first-order chi connectivity index (χ1) is 17.5. The van der Waals surface area contributed by atoms with Crippen molar-refractivity contribution in [2.45, 2.75) is 19.3 Å². The second kappa shape index (κ2) is 10.2. The summed E-state index contributed by atoms with van der Waals surface area (Å²) in [5, 5.41) is 4.52. The normalized spacial score (nSPS) is 13.8. The van der Waals surface area contributed by atoms with Gasteiger partial charge in [-0.1, -0.05) is 48.5 Å². The highest BCUT2D eigenvalue weighted by Crippen LogP contribution is 2.24. The van der Waals surface area contributed by atoms with Crippen molar-refractivity contribution in [3.63, 3.8) is 0 Å². The third-order valence-corrected chi connectivity index (χ3v) is 6.65. The minimum atomic E-state index is -0.257. The van der Waals surface area contributed by atoms with Gasteiger partial charge in [0.2, 0.25) is 5.91 Å². The van der Waals surface area contributed by atoms with Crippen LogP contribution in [0.1, 0.15) is 28.8 Å². The molecule has 0 atom stereocenters. The molecule has 2 aromatic carbocycles. The van der Waals surface area contributed by atoms with E-state index < -0.39 is 0 Å². The summed E-state index contributed by atoms with van der Waals surface area (Å²) in [6, 6.07) is 19.4. The highest BCUT2D eigenvalue weighted by atomic mass is 16.2. The van der Waals surface area contributed by atoms with Crippen molar-refractivity contribution < 1.29 is 9.59 Å². The zero-order chi connectivity index (χ0) is 25.1. The molecule has 0 unspecified atom stereocenters. The van der Waals surface area contributed by atoms with Crippen molar-refractivity contribution in [2.75, 3.05) is 26.2 Å². The molecule has 8 nitrogen and oxygen atoms in total. The average molecular weight is 484 g/mol. The molecular weight excluding hydrogens is 454 g/mol. The lowest BCUT2D eigenvalue weighted by molar-refractivity contribution is -0.132. The number of benzene rings is 2. The van der Waals surface area contributed by atoms with Gasteiger partial charge < -0.3 is 14.4 Å². The Morgan fingerprint density at radius 2 is 1.50 bits per heavy atom. The molecule has 5 rings (SSSR count). The molecule has 36 heavy (non-hydrogen) atoms. The predicted molar refractivity (Wildman–Crippen MR) is 137 cm³/mol. The Hall–Kier alpha value is -4.20.